The van der Waals surface area contributed by atoms with Gasteiger partial charge in [-0.25, -0.2) is 13.1 Å². The van der Waals surface area contributed by atoms with Crippen molar-refractivity contribution in [3.8, 4) is 0 Å². The van der Waals surface area contributed by atoms with Gasteiger partial charge in [0.15, 0.2) is 0 Å². The SMILES string of the molecule is CCNCCS(=O)(=O)NC(C)(C)C. The average molecular weight is 208 g/mol. The van der Waals surface area contributed by atoms with E-state index in [2.05, 4.69) is 10.0 Å². The van der Waals surface area contributed by atoms with Crippen LogP contribution in [-0.2, 0) is 10.0 Å². The Hall–Kier alpha value is -0.130. The Balaban J connectivity index is 3.96. The first-order chi connectivity index (χ1) is 5.77. The second kappa shape index (κ2) is 4.93. The van der Waals surface area contributed by atoms with Crippen molar-refractivity contribution in [2.75, 3.05) is 18.8 Å². The van der Waals surface area contributed by atoms with E-state index >= 15 is 0 Å². The van der Waals surface area contributed by atoms with Gasteiger partial charge in [0, 0.05) is 12.1 Å². The quantitative estimate of drug-likeness (QED) is 0.639. The van der Waals surface area contributed by atoms with Crippen molar-refractivity contribution in [1.29, 1.82) is 0 Å². The normalized spacial score (nSPS) is 13.2. The van der Waals surface area contributed by atoms with Gasteiger partial charge in [-0.2, -0.15) is 0 Å². The molecule has 0 aliphatic rings. The van der Waals surface area contributed by atoms with E-state index in [4.69, 9.17) is 0 Å². The minimum atomic E-state index is -3.12. The Morgan fingerprint density at radius 2 is 1.77 bits per heavy atom. The summed E-state index contributed by atoms with van der Waals surface area (Å²) in [6, 6.07) is 0. The zero-order chi connectivity index (χ0) is 10.5. The van der Waals surface area contributed by atoms with Crippen LogP contribution in [0.4, 0.5) is 0 Å². The van der Waals surface area contributed by atoms with Crippen molar-refractivity contribution in [1.82, 2.24) is 10.0 Å². The van der Waals surface area contributed by atoms with Gasteiger partial charge in [0.2, 0.25) is 10.0 Å². The van der Waals surface area contributed by atoms with Crippen LogP contribution >= 0.6 is 0 Å². The van der Waals surface area contributed by atoms with Gasteiger partial charge in [-0.1, -0.05) is 6.92 Å². The van der Waals surface area contributed by atoms with Crippen molar-refractivity contribution in [3.63, 3.8) is 0 Å². The number of sulfonamides is 1. The van der Waals surface area contributed by atoms with Gasteiger partial charge < -0.3 is 5.32 Å². The van der Waals surface area contributed by atoms with E-state index in [1.165, 1.54) is 0 Å². The summed E-state index contributed by atoms with van der Waals surface area (Å²) >= 11 is 0. The van der Waals surface area contributed by atoms with Gasteiger partial charge in [0.25, 0.3) is 0 Å². The minimum absolute atomic E-state index is 0.137. The summed E-state index contributed by atoms with van der Waals surface area (Å²) in [4.78, 5) is 0. The van der Waals surface area contributed by atoms with Crippen molar-refractivity contribution < 1.29 is 8.42 Å². The van der Waals surface area contributed by atoms with Crippen molar-refractivity contribution >= 4 is 10.0 Å². The molecule has 0 bridgehead atoms. The monoisotopic (exact) mass is 208 g/mol. The molecule has 0 radical (unpaired) electrons. The van der Waals surface area contributed by atoms with Crippen LogP contribution in [0.15, 0.2) is 0 Å². The molecule has 0 aliphatic carbocycles. The molecule has 0 saturated heterocycles. The Kier molecular flexibility index (Phi) is 4.88. The van der Waals surface area contributed by atoms with E-state index < -0.39 is 10.0 Å². The molecule has 0 aliphatic heterocycles. The van der Waals surface area contributed by atoms with E-state index in [0.29, 0.717) is 6.54 Å². The molecule has 0 rings (SSSR count). The molecule has 0 spiro atoms. The van der Waals surface area contributed by atoms with Crippen LogP contribution in [0.3, 0.4) is 0 Å². The fourth-order valence-electron chi connectivity index (χ4n) is 0.901. The molecule has 2 N–H and O–H groups in total. The highest BCUT2D eigenvalue weighted by Crippen LogP contribution is 2.01. The molecule has 0 aromatic carbocycles. The summed E-state index contributed by atoms with van der Waals surface area (Å²) in [6.45, 7) is 8.74. The molecule has 0 aromatic heterocycles. The standard InChI is InChI=1S/C8H20N2O2S/c1-5-9-6-7-13(11,12)10-8(2,3)4/h9-10H,5-7H2,1-4H3. The van der Waals surface area contributed by atoms with Gasteiger partial charge in [0.05, 0.1) is 5.75 Å². The Bertz CT molecular complexity index is 229. The summed E-state index contributed by atoms with van der Waals surface area (Å²) in [5, 5.41) is 2.97. The summed E-state index contributed by atoms with van der Waals surface area (Å²) < 4.78 is 25.3. The molecule has 0 unspecified atom stereocenters. The Labute approximate surface area is 81.2 Å². The first-order valence-electron chi connectivity index (χ1n) is 4.49. The van der Waals surface area contributed by atoms with Crippen LogP contribution in [0, 0.1) is 0 Å². The third-order valence-electron chi connectivity index (χ3n) is 1.26. The van der Waals surface area contributed by atoms with E-state index in [1.807, 2.05) is 27.7 Å². The van der Waals surface area contributed by atoms with E-state index in [1.54, 1.807) is 0 Å². The molecule has 0 saturated carbocycles. The molecule has 0 aromatic rings. The molecule has 0 atom stereocenters. The van der Waals surface area contributed by atoms with E-state index in [9.17, 15) is 8.42 Å². The molecule has 0 amide bonds. The van der Waals surface area contributed by atoms with Crippen LogP contribution in [0.5, 0.6) is 0 Å². The Morgan fingerprint density at radius 1 is 1.23 bits per heavy atom. The fourth-order valence-corrected chi connectivity index (χ4v) is 2.35. The number of hydrogen-bond donors (Lipinski definition) is 2. The number of hydrogen-bond acceptors (Lipinski definition) is 3. The topological polar surface area (TPSA) is 58.2 Å². The van der Waals surface area contributed by atoms with Crippen molar-refractivity contribution in [2.45, 2.75) is 33.2 Å². The van der Waals surface area contributed by atoms with Crippen LogP contribution < -0.4 is 10.0 Å². The first kappa shape index (κ1) is 12.9. The largest absolute Gasteiger partial charge is 0.316 e. The summed E-state index contributed by atoms with van der Waals surface area (Å²) in [5.41, 5.74) is -0.384. The maximum atomic E-state index is 11.4. The molecular formula is C8H20N2O2S. The lowest BCUT2D eigenvalue weighted by molar-refractivity contribution is 0.490. The lowest BCUT2D eigenvalue weighted by Gasteiger charge is -2.20. The Morgan fingerprint density at radius 3 is 2.15 bits per heavy atom. The van der Waals surface area contributed by atoms with E-state index in [-0.39, 0.29) is 11.3 Å². The van der Waals surface area contributed by atoms with Crippen LogP contribution in [0.2, 0.25) is 0 Å². The van der Waals surface area contributed by atoms with Crippen LogP contribution in [0.1, 0.15) is 27.7 Å². The lowest BCUT2D eigenvalue weighted by atomic mass is 10.1. The molecule has 0 heterocycles. The minimum Gasteiger partial charge on any atom is -0.316 e. The smallest absolute Gasteiger partial charge is 0.213 e. The van der Waals surface area contributed by atoms with Crippen molar-refractivity contribution in [3.05, 3.63) is 0 Å². The molecule has 4 nitrogen and oxygen atoms in total. The molecule has 13 heavy (non-hydrogen) atoms. The highest BCUT2D eigenvalue weighted by atomic mass is 32.2. The fraction of sp³-hybridized carbons (Fsp3) is 1.00. The number of rotatable bonds is 5. The second-order valence-electron chi connectivity index (χ2n) is 4.02. The van der Waals surface area contributed by atoms with Crippen LogP contribution in [-0.4, -0.2) is 32.8 Å². The predicted molar refractivity (Wildman–Crippen MR) is 55.2 cm³/mol. The maximum Gasteiger partial charge on any atom is 0.213 e. The first-order valence-corrected chi connectivity index (χ1v) is 6.14. The third-order valence-corrected chi connectivity index (χ3v) is 2.92. The zero-order valence-corrected chi connectivity index (χ0v) is 9.66. The summed E-state index contributed by atoms with van der Waals surface area (Å²) in [5.74, 6) is 0.137. The summed E-state index contributed by atoms with van der Waals surface area (Å²) in [7, 11) is -3.12. The molecule has 0 fully saturated rings. The van der Waals surface area contributed by atoms with E-state index in [0.717, 1.165) is 6.54 Å². The van der Waals surface area contributed by atoms with Gasteiger partial charge in [-0.05, 0) is 27.3 Å². The van der Waals surface area contributed by atoms with Crippen LogP contribution in [0.25, 0.3) is 0 Å². The van der Waals surface area contributed by atoms with Gasteiger partial charge in [0.1, 0.15) is 0 Å². The average Bonchev–Trinajstić information content (AvgIpc) is 1.81. The second-order valence-corrected chi connectivity index (χ2v) is 5.87. The molecular weight excluding hydrogens is 188 g/mol. The van der Waals surface area contributed by atoms with Crippen molar-refractivity contribution in [2.24, 2.45) is 0 Å². The third kappa shape index (κ3) is 8.21. The predicted octanol–water partition coefficient (Wildman–Crippen LogP) is 0.314. The molecule has 80 valence electrons. The van der Waals surface area contributed by atoms with Gasteiger partial charge in [-0.15, -0.1) is 0 Å². The van der Waals surface area contributed by atoms with Gasteiger partial charge >= 0.3 is 0 Å². The summed E-state index contributed by atoms with van der Waals surface area (Å²) in [6.07, 6.45) is 0. The highest BCUT2D eigenvalue weighted by Gasteiger charge is 2.18. The van der Waals surface area contributed by atoms with Gasteiger partial charge in [-0.3, -0.25) is 0 Å². The maximum absolute atomic E-state index is 11.4. The molecule has 5 heteroatoms. The number of nitrogens with one attached hydrogen (secondary N) is 2. The zero-order valence-electron chi connectivity index (χ0n) is 8.85. The lowest BCUT2D eigenvalue weighted by Crippen LogP contribution is -2.43. The highest BCUT2D eigenvalue weighted by molar-refractivity contribution is 7.89.